The molecule has 0 saturated carbocycles. The van der Waals surface area contributed by atoms with Crippen LogP contribution in [0.15, 0.2) is 66.7 Å². The van der Waals surface area contributed by atoms with E-state index in [1.54, 1.807) is 6.07 Å². The largest absolute Gasteiger partial charge is 0.368 e. The van der Waals surface area contributed by atoms with Gasteiger partial charge < -0.3 is 5.73 Å². The Kier molecular flexibility index (Phi) is 4.00. The predicted molar refractivity (Wildman–Crippen MR) is 101 cm³/mol. The van der Waals surface area contributed by atoms with Gasteiger partial charge >= 0.3 is 0 Å². The molecule has 26 heavy (non-hydrogen) atoms. The number of aromatic nitrogens is 3. The van der Waals surface area contributed by atoms with Crippen molar-refractivity contribution in [2.24, 2.45) is 0 Å². The average Bonchev–Trinajstić information content (AvgIpc) is 2.68. The van der Waals surface area contributed by atoms with Gasteiger partial charge in [0.25, 0.3) is 0 Å². The number of hydrogen-bond acceptors (Lipinski definition) is 5. The van der Waals surface area contributed by atoms with Gasteiger partial charge in [-0.05, 0) is 23.8 Å². The van der Waals surface area contributed by atoms with Crippen LogP contribution in [0.2, 0.25) is 0 Å². The molecule has 0 amide bonds. The summed E-state index contributed by atoms with van der Waals surface area (Å²) >= 11 is 0. The summed E-state index contributed by atoms with van der Waals surface area (Å²) < 4.78 is 0. The first kappa shape index (κ1) is 15.7. The third kappa shape index (κ3) is 2.96. The van der Waals surface area contributed by atoms with Gasteiger partial charge in [0.15, 0.2) is 0 Å². The topological polar surface area (TPSA) is 88.5 Å². The summed E-state index contributed by atoms with van der Waals surface area (Å²) in [7, 11) is 0. The SMILES string of the molecule is N#Cc1ccccc1-c1ccc2nc(N)nc(Cc3ccccc3)c2n1. The molecule has 0 aliphatic carbocycles. The lowest BCUT2D eigenvalue weighted by Gasteiger charge is -2.09. The van der Waals surface area contributed by atoms with Gasteiger partial charge in [-0.2, -0.15) is 5.26 Å². The molecule has 0 atom stereocenters. The monoisotopic (exact) mass is 337 g/mol. The lowest BCUT2D eigenvalue weighted by atomic mass is 10.0. The highest BCUT2D eigenvalue weighted by molar-refractivity contribution is 5.82. The van der Waals surface area contributed by atoms with Crippen molar-refractivity contribution in [3.8, 4) is 17.3 Å². The van der Waals surface area contributed by atoms with Crippen LogP contribution in [0, 0.1) is 11.3 Å². The summed E-state index contributed by atoms with van der Waals surface area (Å²) in [6, 6.07) is 23.4. The van der Waals surface area contributed by atoms with E-state index in [0.29, 0.717) is 23.0 Å². The standard InChI is InChI=1S/C21H15N5/c22-13-15-8-4-5-9-16(15)17-10-11-18-20(24-17)19(26-21(23)25-18)12-14-6-2-1-3-7-14/h1-11H,12H2,(H2,23,25,26). The molecule has 0 fully saturated rings. The Balaban J connectivity index is 1.88. The van der Waals surface area contributed by atoms with Crippen LogP contribution in [0.25, 0.3) is 22.3 Å². The summed E-state index contributed by atoms with van der Waals surface area (Å²) in [6.07, 6.45) is 0.612. The van der Waals surface area contributed by atoms with Gasteiger partial charge in [0.05, 0.1) is 28.5 Å². The molecule has 0 unspecified atom stereocenters. The molecule has 0 aliphatic heterocycles. The fourth-order valence-corrected chi connectivity index (χ4v) is 2.96. The van der Waals surface area contributed by atoms with E-state index in [1.807, 2.05) is 60.7 Å². The minimum atomic E-state index is 0.232. The fourth-order valence-electron chi connectivity index (χ4n) is 2.96. The summed E-state index contributed by atoms with van der Waals surface area (Å²) in [5, 5.41) is 9.36. The van der Waals surface area contributed by atoms with Crippen molar-refractivity contribution >= 4 is 17.0 Å². The first-order chi connectivity index (χ1) is 12.7. The fraction of sp³-hybridized carbons (Fsp3) is 0.0476. The Bertz CT molecular complexity index is 1130. The minimum Gasteiger partial charge on any atom is -0.368 e. The van der Waals surface area contributed by atoms with Crippen molar-refractivity contribution in [1.82, 2.24) is 15.0 Å². The summed E-state index contributed by atoms with van der Waals surface area (Å²) in [5.74, 6) is 0.232. The van der Waals surface area contributed by atoms with Gasteiger partial charge in [-0.15, -0.1) is 0 Å². The van der Waals surface area contributed by atoms with E-state index in [9.17, 15) is 5.26 Å². The highest BCUT2D eigenvalue weighted by Gasteiger charge is 2.12. The van der Waals surface area contributed by atoms with Crippen molar-refractivity contribution < 1.29 is 0 Å². The predicted octanol–water partition coefficient (Wildman–Crippen LogP) is 3.74. The number of fused-ring (bicyclic) bond motifs is 1. The van der Waals surface area contributed by atoms with Crippen LogP contribution in [0.5, 0.6) is 0 Å². The Morgan fingerprint density at radius 3 is 2.42 bits per heavy atom. The van der Waals surface area contributed by atoms with Crippen LogP contribution >= 0.6 is 0 Å². The normalized spacial score (nSPS) is 10.6. The highest BCUT2D eigenvalue weighted by atomic mass is 15.0. The van der Waals surface area contributed by atoms with Crippen LogP contribution < -0.4 is 5.73 Å². The van der Waals surface area contributed by atoms with Crippen LogP contribution in [-0.2, 0) is 6.42 Å². The van der Waals surface area contributed by atoms with E-state index in [-0.39, 0.29) is 5.95 Å². The van der Waals surface area contributed by atoms with E-state index in [1.165, 1.54) is 0 Å². The maximum Gasteiger partial charge on any atom is 0.220 e. The van der Waals surface area contributed by atoms with Gasteiger partial charge in [-0.25, -0.2) is 15.0 Å². The molecule has 124 valence electrons. The van der Waals surface area contributed by atoms with Crippen LogP contribution in [0.3, 0.4) is 0 Å². The Hall–Kier alpha value is -3.78. The third-order valence-corrected chi connectivity index (χ3v) is 4.17. The zero-order valence-corrected chi connectivity index (χ0v) is 13.9. The number of anilines is 1. The van der Waals surface area contributed by atoms with Gasteiger partial charge in [-0.1, -0.05) is 48.5 Å². The number of benzene rings is 2. The molecule has 0 bridgehead atoms. The van der Waals surface area contributed by atoms with Gasteiger partial charge in [-0.3, -0.25) is 0 Å². The summed E-state index contributed by atoms with van der Waals surface area (Å²) in [6.45, 7) is 0. The molecular formula is C21H15N5. The number of nitrogen functional groups attached to an aromatic ring is 1. The second-order valence-corrected chi connectivity index (χ2v) is 5.91. The number of nitrogens with zero attached hydrogens (tertiary/aromatic N) is 4. The highest BCUT2D eigenvalue weighted by Crippen LogP contribution is 2.25. The van der Waals surface area contributed by atoms with Crippen molar-refractivity contribution in [1.29, 1.82) is 5.26 Å². The lowest BCUT2D eigenvalue weighted by Crippen LogP contribution is -2.03. The van der Waals surface area contributed by atoms with Crippen molar-refractivity contribution in [3.05, 3.63) is 83.6 Å². The van der Waals surface area contributed by atoms with Gasteiger partial charge in [0.2, 0.25) is 5.95 Å². The second-order valence-electron chi connectivity index (χ2n) is 5.91. The van der Waals surface area contributed by atoms with E-state index >= 15 is 0 Å². The van der Waals surface area contributed by atoms with Crippen molar-refractivity contribution in [2.45, 2.75) is 6.42 Å². The third-order valence-electron chi connectivity index (χ3n) is 4.17. The summed E-state index contributed by atoms with van der Waals surface area (Å²) in [5.41, 5.74) is 11.3. The molecule has 2 heterocycles. The van der Waals surface area contributed by atoms with Gasteiger partial charge in [0.1, 0.15) is 5.52 Å². The molecule has 2 N–H and O–H groups in total. The molecule has 4 aromatic rings. The second kappa shape index (κ2) is 6.61. The van der Waals surface area contributed by atoms with Crippen LogP contribution in [-0.4, -0.2) is 15.0 Å². The number of pyridine rings is 1. The molecular weight excluding hydrogens is 322 g/mol. The molecule has 4 rings (SSSR count). The minimum absolute atomic E-state index is 0.232. The van der Waals surface area contributed by atoms with Gasteiger partial charge in [0, 0.05) is 12.0 Å². The molecule has 0 spiro atoms. The Morgan fingerprint density at radius 2 is 1.62 bits per heavy atom. The van der Waals surface area contributed by atoms with Crippen LogP contribution in [0.1, 0.15) is 16.8 Å². The Morgan fingerprint density at radius 1 is 0.846 bits per heavy atom. The zero-order chi connectivity index (χ0) is 17.9. The van der Waals surface area contributed by atoms with Crippen molar-refractivity contribution in [2.75, 3.05) is 5.73 Å². The molecule has 5 heteroatoms. The maximum atomic E-state index is 9.36. The molecule has 0 saturated heterocycles. The van der Waals surface area contributed by atoms with E-state index in [2.05, 4.69) is 16.0 Å². The molecule has 2 aromatic heterocycles. The molecule has 0 aliphatic rings. The molecule has 0 radical (unpaired) electrons. The number of hydrogen-bond donors (Lipinski definition) is 1. The average molecular weight is 337 g/mol. The number of nitrogens with two attached hydrogens (primary N) is 1. The first-order valence-electron chi connectivity index (χ1n) is 8.21. The smallest absolute Gasteiger partial charge is 0.220 e. The number of nitriles is 1. The van der Waals surface area contributed by atoms with E-state index in [4.69, 9.17) is 10.7 Å². The maximum absolute atomic E-state index is 9.36. The number of rotatable bonds is 3. The Labute approximate surface area is 150 Å². The summed E-state index contributed by atoms with van der Waals surface area (Å²) in [4.78, 5) is 13.5. The van der Waals surface area contributed by atoms with Crippen molar-refractivity contribution in [3.63, 3.8) is 0 Å². The van der Waals surface area contributed by atoms with E-state index < -0.39 is 0 Å². The first-order valence-corrected chi connectivity index (χ1v) is 8.21. The van der Waals surface area contributed by atoms with Crippen LogP contribution in [0.4, 0.5) is 5.95 Å². The van der Waals surface area contributed by atoms with E-state index in [0.717, 1.165) is 22.5 Å². The molecule has 5 nitrogen and oxygen atoms in total. The molecule has 2 aromatic carbocycles. The lowest BCUT2D eigenvalue weighted by molar-refractivity contribution is 1.06. The zero-order valence-electron chi connectivity index (χ0n) is 13.9. The quantitative estimate of drug-likeness (QED) is 0.615.